The number of piperidine rings is 1. The molecule has 224 valence electrons. The van der Waals surface area contributed by atoms with Crippen molar-refractivity contribution in [3.05, 3.63) is 41.3 Å². The molecule has 1 saturated carbocycles. The van der Waals surface area contributed by atoms with Gasteiger partial charge in [0.05, 0.1) is 23.0 Å². The fourth-order valence-electron chi connectivity index (χ4n) is 6.74. The van der Waals surface area contributed by atoms with Crippen LogP contribution in [0.1, 0.15) is 71.9 Å². The molecule has 1 spiro atoms. The first kappa shape index (κ1) is 28.9. The molecule has 0 N–H and O–H groups in total. The number of benzene rings is 1. The lowest BCUT2D eigenvalue weighted by Gasteiger charge is -2.45. The summed E-state index contributed by atoms with van der Waals surface area (Å²) in [4.78, 5) is 42.6. The number of halogens is 1. The molecule has 3 aliphatic rings. The Morgan fingerprint density at radius 3 is 2.45 bits per heavy atom. The number of likely N-dealkylation sites (tertiary alicyclic amines) is 1. The summed E-state index contributed by atoms with van der Waals surface area (Å²) in [5, 5.41) is 0.418. The lowest BCUT2D eigenvalue weighted by atomic mass is 9.73. The SMILES string of the molecule is CC(C)n1cnc2cc(-c3ccc4c(c3)N([C@H]3C[C@@H](N(C)C)C3)C(=O)C43CCN(C(=O)OC(C)(C)C)CC3)nc(Cl)c21. The first-order valence-electron chi connectivity index (χ1n) is 14.9. The van der Waals surface area contributed by atoms with Gasteiger partial charge in [0.15, 0.2) is 5.15 Å². The average Bonchev–Trinajstić information content (AvgIpc) is 3.42. The van der Waals surface area contributed by atoms with E-state index >= 15 is 0 Å². The summed E-state index contributed by atoms with van der Waals surface area (Å²) in [6.07, 6.45) is 4.50. The number of hydrogen-bond acceptors (Lipinski definition) is 6. The van der Waals surface area contributed by atoms with Crippen LogP contribution in [0.5, 0.6) is 0 Å². The molecular formula is C32H41ClN6O3. The van der Waals surface area contributed by atoms with E-state index in [-0.39, 0.29) is 24.1 Å². The molecule has 2 aromatic heterocycles. The normalized spacial score (nSPS) is 21.9. The van der Waals surface area contributed by atoms with Crippen molar-refractivity contribution in [1.29, 1.82) is 0 Å². The van der Waals surface area contributed by atoms with Gasteiger partial charge in [-0.1, -0.05) is 23.7 Å². The molecule has 0 unspecified atom stereocenters. The van der Waals surface area contributed by atoms with E-state index in [1.165, 1.54) is 0 Å². The van der Waals surface area contributed by atoms with Crippen molar-refractivity contribution in [2.75, 3.05) is 32.1 Å². The number of fused-ring (bicyclic) bond motifs is 3. The molecule has 9 nitrogen and oxygen atoms in total. The molecule has 2 fully saturated rings. The second kappa shape index (κ2) is 10.2. The first-order valence-corrected chi connectivity index (χ1v) is 15.3. The third-order valence-corrected chi connectivity index (χ3v) is 9.48. The summed E-state index contributed by atoms with van der Waals surface area (Å²) in [6, 6.07) is 9.04. The highest BCUT2D eigenvalue weighted by Gasteiger charge is 2.55. The van der Waals surface area contributed by atoms with Crippen LogP contribution in [0.2, 0.25) is 5.15 Å². The van der Waals surface area contributed by atoms with Gasteiger partial charge in [-0.05, 0) is 92.1 Å². The summed E-state index contributed by atoms with van der Waals surface area (Å²) in [5.41, 5.74) is 4.05. The van der Waals surface area contributed by atoms with Crippen LogP contribution in [-0.2, 0) is 14.9 Å². The van der Waals surface area contributed by atoms with Gasteiger partial charge in [0.25, 0.3) is 0 Å². The van der Waals surface area contributed by atoms with Crippen LogP contribution in [0.25, 0.3) is 22.3 Å². The fourth-order valence-corrected chi connectivity index (χ4v) is 7.02. The van der Waals surface area contributed by atoms with E-state index in [1.54, 1.807) is 11.2 Å². The predicted octanol–water partition coefficient (Wildman–Crippen LogP) is 6.04. The van der Waals surface area contributed by atoms with E-state index in [0.29, 0.717) is 37.1 Å². The quantitative estimate of drug-likeness (QED) is 0.343. The third kappa shape index (κ3) is 4.74. The van der Waals surface area contributed by atoms with E-state index in [2.05, 4.69) is 54.9 Å². The van der Waals surface area contributed by atoms with Crippen molar-refractivity contribution in [3.8, 4) is 11.3 Å². The van der Waals surface area contributed by atoms with Gasteiger partial charge in [0.1, 0.15) is 11.1 Å². The van der Waals surface area contributed by atoms with E-state index in [4.69, 9.17) is 21.3 Å². The number of imidazole rings is 1. The molecule has 0 bridgehead atoms. The summed E-state index contributed by atoms with van der Waals surface area (Å²) in [5.74, 6) is 0.151. The van der Waals surface area contributed by atoms with Crippen molar-refractivity contribution in [2.24, 2.45) is 0 Å². The standard InChI is InChI=1S/C32H41ClN6O3/c1-19(2)38-18-34-25-17-24(35-28(33)27(25)38)20-8-9-23-26(14-20)39(22-15-21(16-22)36(6)7)29(40)32(23)10-12-37(13-11-32)30(41)42-31(3,4)5/h8-9,14,17-19,21-22H,10-13,15-16H2,1-7H3/t21-,22+. The molecule has 1 saturated heterocycles. The Bertz CT molecular complexity index is 1540. The van der Waals surface area contributed by atoms with Crippen LogP contribution in [0, 0.1) is 0 Å². The average molecular weight is 593 g/mol. The number of nitrogens with zero attached hydrogens (tertiary/aromatic N) is 6. The molecular weight excluding hydrogens is 552 g/mol. The highest BCUT2D eigenvalue weighted by atomic mass is 35.5. The molecule has 4 heterocycles. The zero-order chi connectivity index (χ0) is 30.1. The Labute approximate surface area is 252 Å². The Kier molecular flexibility index (Phi) is 7.04. The minimum atomic E-state index is -0.652. The zero-order valence-corrected chi connectivity index (χ0v) is 26.4. The van der Waals surface area contributed by atoms with Crippen LogP contribution in [0.4, 0.5) is 10.5 Å². The maximum Gasteiger partial charge on any atom is 0.410 e. The van der Waals surface area contributed by atoms with Crippen molar-refractivity contribution in [3.63, 3.8) is 0 Å². The Morgan fingerprint density at radius 1 is 1.14 bits per heavy atom. The summed E-state index contributed by atoms with van der Waals surface area (Å²) in [6.45, 7) is 10.8. The van der Waals surface area contributed by atoms with E-state index in [9.17, 15) is 9.59 Å². The molecule has 10 heteroatoms. The van der Waals surface area contributed by atoms with Gasteiger partial charge in [-0.3, -0.25) is 4.79 Å². The number of ether oxygens (including phenoxy) is 1. The Hall–Kier alpha value is -3.17. The van der Waals surface area contributed by atoms with Crippen molar-refractivity contribution in [2.45, 2.75) is 89.4 Å². The van der Waals surface area contributed by atoms with E-state index in [1.807, 2.05) is 37.5 Å². The number of pyridine rings is 1. The highest BCUT2D eigenvalue weighted by molar-refractivity contribution is 6.34. The van der Waals surface area contributed by atoms with Crippen molar-refractivity contribution >= 4 is 40.3 Å². The summed E-state index contributed by atoms with van der Waals surface area (Å²) < 4.78 is 7.66. The van der Waals surface area contributed by atoms with Crippen LogP contribution >= 0.6 is 11.6 Å². The van der Waals surface area contributed by atoms with Gasteiger partial charge in [0.2, 0.25) is 5.91 Å². The van der Waals surface area contributed by atoms with E-state index < -0.39 is 11.0 Å². The maximum atomic E-state index is 14.4. The van der Waals surface area contributed by atoms with Gasteiger partial charge in [-0.2, -0.15) is 0 Å². The zero-order valence-electron chi connectivity index (χ0n) is 25.6. The molecule has 6 rings (SSSR count). The van der Waals surface area contributed by atoms with Gasteiger partial charge in [0, 0.05) is 42.5 Å². The van der Waals surface area contributed by atoms with Crippen LogP contribution in [0.3, 0.4) is 0 Å². The topological polar surface area (TPSA) is 83.8 Å². The lowest BCUT2D eigenvalue weighted by Crippen LogP contribution is -2.57. The lowest BCUT2D eigenvalue weighted by molar-refractivity contribution is -0.126. The fraction of sp³-hybridized carbons (Fsp3) is 0.562. The molecule has 0 atom stereocenters. The molecule has 2 amide bonds. The second-order valence-corrected chi connectivity index (χ2v) is 14.0. The van der Waals surface area contributed by atoms with Gasteiger partial charge < -0.3 is 24.0 Å². The molecule has 1 aliphatic carbocycles. The number of amides is 2. The Balaban J connectivity index is 1.36. The molecule has 3 aromatic rings. The van der Waals surface area contributed by atoms with E-state index in [0.717, 1.165) is 46.4 Å². The first-order chi connectivity index (χ1) is 19.8. The number of hydrogen-bond donors (Lipinski definition) is 0. The third-order valence-electron chi connectivity index (χ3n) is 9.22. The summed E-state index contributed by atoms with van der Waals surface area (Å²) in [7, 11) is 4.19. The van der Waals surface area contributed by atoms with Gasteiger partial charge in [-0.25, -0.2) is 14.8 Å². The Morgan fingerprint density at radius 2 is 1.83 bits per heavy atom. The number of aromatic nitrogens is 3. The minimum Gasteiger partial charge on any atom is -0.444 e. The molecule has 1 aromatic carbocycles. The largest absolute Gasteiger partial charge is 0.444 e. The van der Waals surface area contributed by atoms with Crippen LogP contribution in [0.15, 0.2) is 30.6 Å². The molecule has 42 heavy (non-hydrogen) atoms. The number of rotatable bonds is 4. The smallest absolute Gasteiger partial charge is 0.410 e. The molecule has 2 aliphatic heterocycles. The predicted molar refractivity (Wildman–Crippen MR) is 165 cm³/mol. The van der Waals surface area contributed by atoms with Gasteiger partial charge >= 0.3 is 6.09 Å². The molecule has 0 radical (unpaired) electrons. The van der Waals surface area contributed by atoms with Crippen molar-refractivity contribution in [1.82, 2.24) is 24.3 Å². The number of anilines is 1. The number of carbonyl (C=O) groups excluding carboxylic acids is 2. The van der Waals surface area contributed by atoms with Gasteiger partial charge in [-0.15, -0.1) is 0 Å². The van der Waals surface area contributed by atoms with Crippen molar-refractivity contribution < 1.29 is 14.3 Å². The van der Waals surface area contributed by atoms with Crippen LogP contribution < -0.4 is 4.90 Å². The monoisotopic (exact) mass is 592 g/mol. The summed E-state index contributed by atoms with van der Waals surface area (Å²) >= 11 is 6.71. The second-order valence-electron chi connectivity index (χ2n) is 13.6. The number of carbonyl (C=O) groups is 2. The maximum absolute atomic E-state index is 14.4. The highest BCUT2D eigenvalue weighted by Crippen LogP contribution is 2.52. The van der Waals surface area contributed by atoms with Crippen LogP contribution in [-0.4, -0.2) is 81.2 Å². The minimum absolute atomic E-state index is 0.142.